The number of carboxylic acid groups (broad SMARTS) is 1. The molecule has 0 aromatic heterocycles. The summed E-state index contributed by atoms with van der Waals surface area (Å²) >= 11 is 0. The van der Waals surface area contributed by atoms with Gasteiger partial charge in [0.1, 0.15) is 6.10 Å². The Bertz CT molecular complexity index is 258. The molecule has 0 aromatic rings. The van der Waals surface area contributed by atoms with E-state index < -0.39 is 11.9 Å². The number of unbranched alkanes of at least 4 members (excludes halogenated alkanes) is 3. The van der Waals surface area contributed by atoms with Gasteiger partial charge >= 0.3 is 11.9 Å². The van der Waals surface area contributed by atoms with E-state index in [1.54, 1.807) is 0 Å². The summed E-state index contributed by atoms with van der Waals surface area (Å²) in [5, 5.41) is 8.36. The fraction of sp³-hybridized carbons (Fsp3) is 0.692. The van der Waals surface area contributed by atoms with Crippen LogP contribution in [0.15, 0.2) is 12.2 Å². The average Bonchev–Trinajstić information content (AvgIpc) is 2.30. The molecule has 0 rings (SSSR count). The van der Waals surface area contributed by atoms with Gasteiger partial charge in [0.25, 0.3) is 0 Å². The molecule has 98 valence electrons. The van der Waals surface area contributed by atoms with Gasteiger partial charge in [0, 0.05) is 12.2 Å². The molecule has 0 radical (unpaired) electrons. The first kappa shape index (κ1) is 15.7. The third-order valence-corrected chi connectivity index (χ3v) is 2.48. The van der Waals surface area contributed by atoms with Crippen LogP contribution in [0, 0.1) is 0 Å². The predicted octanol–water partition coefficient (Wildman–Crippen LogP) is 2.92. The molecule has 0 aliphatic rings. The maximum atomic E-state index is 11.2. The molecule has 0 saturated heterocycles. The molecule has 0 fully saturated rings. The first-order chi connectivity index (χ1) is 8.10. The Labute approximate surface area is 103 Å². The van der Waals surface area contributed by atoms with Gasteiger partial charge in [-0.25, -0.2) is 9.59 Å². The van der Waals surface area contributed by atoms with Gasteiger partial charge in [0.2, 0.25) is 0 Å². The normalized spacial score (nSPS) is 12.6. The molecular weight excluding hydrogens is 220 g/mol. The molecule has 0 heterocycles. The fourth-order valence-corrected chi connectivity index (χ4v) is 1.49. The molecule has 0 aliphatic heterocycles. The summed E-state index contributed by atoms with van der Waals surface area (Å²) in [6, 6.07) is 0. The van der Waals surface area contributed by atoms with E-state index in [4.69, 9.17) is 9.84 Å². The Morgan fingerprint density at radius 1 is 1.18 bits per heavy atom. The zero-order valence-corrected chi connectivity index (χ0v) is 10.6. The molecule has 0 saturated carbocycles. The Balaban J connectivity index is 3.87. The van der Waals surface area contributed by atoms with Crippen molar-refractivity contribution in [2.75, 3.05) is 0 Å². The number of carbonyl (C=O) groups excluding carboxylic acids is 1. The van der Waals surface area contributed by atoms with Crippen LogP contribution in [0.4, 0.5) is 0 Å². The molecule has 0 aliphatic carbocycles. The minimum atomic E-state index is -1.14. The summed E-state index contributed by atoms with van der Waals surface area (Å²) < 4.78 is 5.14. The highest BCUT2D eigenvalue weighted by Gasteiger charge is 2.10. The van der Waals surface area contributed by atoms with Gasteiger partial charge in [-0.3, -0.25) is 0 Å². The number of carboxylic acids is 1. The van der Waals surface area contributed by atoms with Crippen LogP contribution in [-0.2, 0) is 14.3 Å². The van der Waals surface area contributed by atoms with Crippen molar-refractivity contribution in [3.05, 3.63) is 12.2 Å². The molecule has 1 atom stereocenters. The zero-order chi connectivity index (χ0) is 13.1. The SMILES string of the molecule is CCCCCCC(CC)OC(=O)/C=C/C(=O)O. The highest BCUT2D eigenvalue weighted by Crippen LogP contribution is 2.11. The molecule has 1 N–H and O–H groups in total. The van der Waals surface area contributed by atoms with Crippen LogP contribution in [0.2, 0.25) is 0 Å². The molecule has 4 nitrogen and oxygen atoms in total. The van der Waals surface area contributed by atoms with E-state index >= 15 is 0 Å². The van der Waals surface area contributed by atoms with Crippen LogP contribution in [0.3, 0.4) is 0 Å². The average molecular weight is 242 g/mol. The summed E-state index contributed by atoms with van der Waals surface area (Å²) in [5.74, 6) is -1.72. The molecule has 0 aromatic carbocycles. The van der Waals surface area contributed by atoms with Crippen molar-refractivity contribution < 1.29 is 19.4 Å². The zero-order valence-electron chi connectivity index (χ0n) is 10.6. The van der Waals surface area contributed by atoms with Gasteiger partial charge in [0.15, 0.2) is 0 Å². The fourth-order valence-electron chi connectivity index (χ4n) is 1.49. The van der Waals surface area contributed by atoms with Crippen molar-refractivity contribution >= 4 is 11.9 Å². The lowest BCUT2D eigenvalue weighted by Crippen LogP contribution is -2.16. The third-order valence-electron chi connectivity index (χ3n) is 2.48. The first-order valence-corrected chi connectivity index (χ1v) is 6.21. The number of hydrogen-bond donors (Lipinski definition) is 1. The van der Waals surface area contributed by atoms with Crippen LogP contribution in [0.25, 0.3) is 0 Å². The van der Waals surface area contributed by atoms with Crippen LogP contribution in [-0.4, -0.2) is 23.1 Å². The number of hydrogen-bond acceptors (Lipinski definition) is 3. The van der Waals surface area contributed by atoms with E-state index in [1.165, 1.54) is 12.8 Å². The highest BCUT2D eigenvalue weighted by molar-refractivity contribution is 5.90. The van der Waals surface area contributed by atoms with Gasteiger partial charge in [0.05, 0.1) is 0 Å². The van der Waals surface area contributed by atoms with Gasteiger partial charge in [-0.2, -0.15) is 0 Å². The predicted molar refractivity (Wildman–Crippen MR) is 65.7 cm³/mol. The van der Waals surface area contributed by atoms with E-state index in [9.17, 15) is 9.59 Å². The van der Waals surface area contributed by atoms with Gasteiger partial charge < -0.3 is 9.84 Å². The maximum absolute atomic E-state index is 11.2. The number of aliphatic carboxylic acids is 1. The first-order valence-electron chi connectivity index (χ1n) is 6.21. The van der Waals surface area contributed by atoms with Gasteiger partial charge in [-0.05, 0) is 19.3 Å². The molecular formula is C13H22O4. The number of esters is 1. The molecule has 0 spiro atoms. The van der Waals surface area contributed by atoms with Crippen molar-refractivity contribution in [2.45, 2.75) is 58.5 Å². The van der Waals surface area contributed by atoms with Crippen molar-refractivity contribution in [3.63, 3.8) is 0 Å². The van der Waals surface area contributed by atoms with E-state index in [0.717, 1.165) is 37.8 Å². The molecule has 1 unspecified atom stereocenters. The second-order valence-corrected chi connectivity index (χ2v) is 3.99. The minimum Gasteiger partial charge on any atom is -0.478 e. The maximum Gasteiger partial charge on any atom is 0.331 e. The minimum absolute atomic E-state index is 0.0993. The lowest BCUT2D eigenvalue weighted by Gasteiger charge is -2.14. The summed E-state index contributed by atoms with van der Waals surface area (Å²) in [6.45, 7) is 4.10. The summed E-state index contributed by atoms with van der Waals surface area (Å²) in [4.78, 5) is 21.4. The number of carbonyl (C=O) groups is 2. The Kier molecular flexibility index (Phi) is 9.11. The van der Waals surface area contributed by atoms with Crippen molar-refractivity contribution in [2.24, 2.45) is 0 Å². The smallest absolute Gasteiger partial charge is 0.331 e. The second kappa shape index (κ2) is 9.87. The number of rotatable bonds is 9. The third kappa shape index (κ3) is 9.60. The lowest BCUT2D eigenvalue weighted by molar-refractivity contribution is -0.144. The van der Waals surface area contributed by atoms with E-state index in [2.05, 4.69) is 6.92 Å². The molecule has 17 heavy (non-hydrogen) atoms. The second-order valence-electron chi connectivity index (χ2n) is 3.99. The van der Waals surface area contributed by atoms with Crippen molar-refractivity contribution in [1.29, 1.82) is 0 Å². The van der Waals surface area contributed by atoms with E-state index in [1.807, 2.05) is 6.92 Å². The highest BCUT2D eigenvalue weighted by atomic mass is 16.5. The monoisotopic (exact) mass is 242 g/mol. The summed E-state index contributed by atoms with van der Waals surface area (Å²) in [6.07, 6.45) is 7.84. The molecule has 0 bridgehead atoms. The lowest BCUT2D eigenvalue weighted by atomic mass is 10.1. The number of ether oxygens (including phenoxy) is 1. The van der Waals surface area contributed by atoms with Crippen LogP contribution in [0.5, 0.6) is 0 Å². The Hall–Kier alpha value is -1.32. The molecule has 0 amide bonds. The van der Waals surface area contributed by atoms with Crippen LogP contribution in [0.1, 0.15) is 52.4 Å². The van der Waals surface area contributed by atoms with Gasteiger partial charge in [-0.15, -0.1) is 0 Å². The van der Waals surface area contributed by atoms with Crippen LogP contribution < -0.4 is 0 Å². The quantitative estimate of drug-likeness (QED) is 0.383. The standard InChI is InChI=1S/C13H22O4/c1-3-5-6-7-8-11(4-2)17-13(16)10-9-12(14)15/h9-11H,3-8H2,1-2H3,(H,14,15)/b10-9+. The van der Waals surface area contributed by atoms with Gasteiger partial charge in [-0.1, -0.05) is 33.1 Å². The van der Waals surface area contributed by atoms with Crippen LogP contribution >= 0.6 is 0 Å². The Morgan fingerprint density at radius 2 is 1.88 bits per heavy atom. The topological polar surface area (TPSA) is 63.6 Å². The van der Waals surface area contributed by atoms with Crippen molar-refractivity contribution in [3.8, 4) is 0 Å². The van der Waals surface area contributed by atoms with E-state index in [-0.39, 0.29) is 6.10 Å². The Morgan fingerprint density at radius 3 is 2.41 bits per heavy atom. The molecule has 4 heteroatoms. The summed E-state index contributed by atoms with van der Waals surface area (Å²) in [7, 11) is 0. The largest absolute Gasteiger partial charge is 0.478 e. The van der Waals surface area contributed by atoms with E-state index in [0.29, 0.717) is 0 Å². The van der Waals surface area contributed by atoms with Crippen molar-refractivity contribution in [1.82, 2.24) is 0 Å². The summed E-state index contributed by atoms with van der Waals surface area (Å²) in [5.41, 5.74) is 0.